The van der Waals surface area contributed by atoms with Crippen LogP contribution in [0.1, 0.15) is 10.4 Å². The normalized spacial score (nSPS) is 10.0. The number of carbonyl (C=O) groups is 3. The van der Waals surface area contributed by atoms with Gasteiger partial charge in [0.2, 0.25) is 0 Å². The van der Waals surface area contributed by atoms with Gasteiger partial charge in [0.15, 0.2) is 6.61 Å². The third-order valence-electron chi connectivity index (χ3n) is 3.51. The van der Waals surface area contributed by atoms with Gasteiger partial charge >= 0.3 is 5.97 Å². The number of anilines is 2. The molecule has 2 rings (SSSR count). The van der Waals surface area contributed by atoms with Crippen LogP contribution >= 0.6 is 15.9 Å². The lowest BCUT2D eigenvalue weighted by atomic mass is 10.2. The Balaban J connectivity index is 1.73. The first-order valence-corrected chi connectivity index (χ1v) is 8.91. The first-order valence-electron chi connectivity index (χ1n) is 8.12. The van der Waals surface area contributed by atoms with Crippen LogP contribution < -0.4 is 15.5 Å². The fraction of sp³-hybridized carbons (Fsp3) is 0.211. The minimum Gasteiger partial charge on any atom is -0.454 e. The second kappa shape index (κ2) is 9.72. The van der Waals surface area contributed by atoms with Crippen molar-refractivity contribution in [3.63, 3.8) is 0 Å². The van der Waals surface area contributed by atoms with Crippen molar-refractivity contribution in [2.45, 2.75) is 0 Å². The van der Waals surface area contributed by atoms with E-state index < -0.39 is 24.4 Å². The van der Waals surface area contributed by atoms with Gasteiger partial charge in [-0.3, -0.25) is 14.4 Å². The molecule has 2 aromatic carbocycles. The molecule has 0 unspecified atom stereocenters. The van der Waals surface area contributed by atoms with E-state index in [9.17, 15) is 14.4 Å². The number of nitrogens with one attached hydrogen (secondary N) is 2. The van der Waals surface area contributed by atoms with Crippen molar-refractivity contribution >= 4 is 45.1 Å². The molecule has 0 radical (unpaired) electrons. The Hall–Kier alpha value is -2.87. The average Bonchev–Trinajstić information content (AvgIpc) is 2.64. The van der Waals surface area contributed by atoms with Crippen LogP contribution in [0.15, 0.2) is 53.0 Å². The fourth-order valence-electron chi connectivity index (χ4n) is 2.12. The number of nitrogens with zero attached hydrogens (tertiary/aromatic N) is 1. The molecule has 0 aliphatic carbocycles. The Kier molecular flexibility index (Phi) is 7.36. The lowest BCUT2D eigenvalue weighted by Gasteiger charge is -2.13. The number of halogens is 1. The summed E-state index contributed by atoms with van der Waals surface area (Å²) in [5.41, 5.74) is 2.02. The van der Waals surface area contributed by atoms with Gasteiger partial charge in [-0.15, -0.1) is 0 Å². The van der Waals surface area contributed by atoms with Crippen LogP contribution in [0, 0.1) is 0 Å². The minimum atomic E-state index is -0.698. The minimum absolute atomic E-state index is 0.323. The number of benzene rings is 2. The van der Waals surface area contributed by atoms with Gasteiger partial charge in [0.1, 0.15) is 6.54 Å². The number of rotatable bonds is 7. The van der Waals surface area contributed by atoms with E-state index in [1.54, 1.807) is 36.4 Å². The van der Waals surface area contributed by atoms with E-state index in [1.165, 1.54) is 0 Å². The van der Waals surface area contributed by atoms with E-state index in [-0.39, 0.29) is 6.54 Å². The smallest absolute Gasteiger partial charge is 0.325 e. The van der Waals surface area contributed by atoms with Crippen molar-refractivity contribution in [1.82, 2.24) is 5.32 Å². The molecule has 0 aliphatic heterocycles. The average molecular weight is 434 g/mol. The van der Waals surface area contributed by atoms with Crippen molar-refractivity contribution in [1.29, 1.82) is 0 Å². The molecule has 2 N–H and O–H groups in total. The number of ether oxygens (including phenoxy) is 1. The maximum Gasteiger partial charge on any atom is 0.325 e. The first kappa shape index (κ1) is 20.4. The van der Waals surface area contributed by atoms with E-state index in [1.807, 2.05) is 31.1 Å². The van der Waals surface area contributed by atoms with Gasteiger partial charge in [0.25, 0.3) is 11.8 Å². The van der Waals surface area contributed by atoms with Crippen molar-refractivity contribution in [2.75, 3.05) is 37.5 Å². The predicted octanol–water partition coefficient (Wildman–Crippen LogP) is 2.43. The molecule has 0 saturated heterocycles. The molecule has 0 fully saturated rings. The highest BCUT2D eigenvalue weighted by Crippen LogP contribution is 2.15. The monoisotopic (exact) mass is 433 g/mol. The summed E-state index contributed by atoms with van der Waals surface area (Å²) in [7, 11) is 3.84. The molecule has 2 aromatic rings. The second-order valence-electron chi connectivity index (χ2n) is 5.84. The zero-order valence-corrected chi connectivity index (χ0v) is 16.6. The molecule has 0 aromatic heterocycles. The molecule has 8 heteroatoms. The van der Waals surface area contributed by atoms with Crippen LogP contribution in [-0.2, 0) is 14.3 Å². The van der Waals surface area contributed by atoms with Gasteiger partial charge in [-0.25, -0.2) is 0 Å². The first-order chi connectivity index (χ1) is 12.8. The molecule has 0 heterocycles. The quantitative estimate of drug-likeness (QED) is 0.654. The summed E-state index contributed by atoms with van der Waals surface area (Å²) in [6.45, 7) is -0.753. The molecule has 0 spiro atoms. The molecule has 7 nitrogen and oxygen atoms in total. The predicted molar refractivity (Wildman–Crippen MR) is 107 cm³/mol. The summed E-state index contributed by atoms with van der Waals surface area (Å²) >= 11 is 3.27. The van der Waals surface area contributed by atoms with Gasteiger partial charge in [0.05, 0.1) is 0 Å². The van der Waals surface area contributed by atoms with Crippen molar-refractivity contribution in [3.05, 3.63) is 58.6 Å². The van der Waals surface area contributed by atoms with Crippen LogP contribution in [0.2, 0.25) is 0 Å². The highest BCUT2D eigenvalue weighted by atomic mass is 79.9. The second-order valence-corrected chi connectivity index (χ2v) is 6.76. The number of esters is 1. The summed E-state index contributed by atoms with van der Waals surface area (Å²) < 4.78 is 5.62. The third kappa shape index (κ3) is 6.74. The lowest BCUT2D eigenvalue weighted by Crippen LogP contribution is -2.32. The maximum atomic E-state index is 11.9. The number of carbonyl (C=O) groups excluding carboxylic acids is 3. The van der Waals surface area contributed by atoms with Crippen LogP contribution in [-0.4, -0.2) is 45.0 Å². The van der Waals surface area contributed by atoms with E-state index in [0.29, 0.717) is 11.3 Å². The largest absolute Gasteiger partial charge is 0.454 e. The molecule has 0 atom stereocenters. The molecule has 27 heavy (non-hydrogen) atoms. The highest BCUT2D eigenvalue weighted by Gasteiger charge is 2.11. The summed E-state index contributed by atoms with van der Waals surface area (Å²) in [6.07, 6.45) is 0. The molecule has 142 valence electrons. The number of hydrogen-bond donors (Lipinski definition) is 2. The van der Waals surface area contributed by atoms with Crippen molar-refractivity contribution < 1.29 is 19.1 Å². The van der Waals surface area contributed by atoms with Crippen molar-refractivity contribution in [3.8, 4) is 0 Å². The Bertz CT molecular complexity index is 822. The molecule has 2 amide bonds. The van der Waals surface area contributed by atoms with Crippen LogP contribution in [0.4, 0.5) is 11.4 Å². The Morgan fingerprint density at radius 3 is 2.41 bits per heavy atom. The molecule has 0 saturated carbocycles. The van der Waals surface area contributed by atoms with E-state index in [2.05, 4.69) is 26.6 Å². The maximum absolute atomic E-state index is 11.9. The Morgan fingerprint density at radius 1 is 1.07 bits per heavy atom. The zero-order chi connectivity index (χ0) is 19.8. The number of hydrogen-bond acceptors (Lipinski definition) is 5. The Morgan fingerprint density at radius 2 is 1.78 bits per heavy atom. The van der Waals surface area contributed by atoms with Gasteiger partial charge in [-0.2, -0.15) is 0 Å². The summed E-state index contributed by atoms with van der Waals surface area (Å²) in [5.74, 6) is -1.56. The summed E-state index contributed by atoms with van der Waals surface area (Å²) in [6, 6.07) is 14.0. The van der Waals surface area contributed by atoms with Crippen molar-refractivity contribution in [2.24, 2.45) is 0 Å². The lowest BCUT2D eigenvalue weighted by molar-refractivity contribution is -0.146. The molecule has 0 bridgehead atoms. The number of amides is 2. The zero-order valence-electron chi connectivity index (χ0n) is 15.0. The van der Waals surface area contributed by atoms with E-state index in [0.717, 1.165) is 10.2 Å². The Labute approximate surface area is 165 Å². The van der Waals surface area contributed by atoms with E-state index >= 15 is 0 Å². The SMILES string of the molecule is CN(C)c1ccc(NC(=O)COC(=O)CNC(=O)c2cccc(Br)c2)cc1. The van der Waals surface area contributed by atoms with Crippen LogP contribution in [0.3, 0.4) is 0 Å². The van der Waals surface area contributed by atoms with Crippen LogP contribution in [0.5, 0.6) is 0 Å². The van der Waals surface area contributed by atoms with Gasteiger partial charge < -0.3 is 20.3 Å². The third-order valence-corrected chi connectivity index (χ3v) is 4.01. The van der Waals surface area contributed by atoms with E-state index in [4.69, 9.17) is 4.74 Å². The van der Waals surface area contributed by atoms with Gasteiger partial charge in [0, 0.05) is 35.5 Å². The summed E-state index contributed by atoms with van der Waals surface area (Å²) in [4.78, 5) is 37.4. The fourth-order valence-corrected chi connectivity index (χ4v) is 2.52. The summed E-state index contributed by atoms with van der Waals surface area (Å²) in [5, 5.41) is 5.08. The topological polar surface area (TPSA) is 87.7 Å². The standard InChI is InChI=1S/C19H20BrN3O4/c1-23(2)16-8-6-15(7-9-16)22-17(24)12-27-18(25)11-21-19(26)13-4-3-5-14(20)10-13/h3-10H,11-12H2,1-2H3,(H,21,26)(H,22,24). The molecular formula is C19H20BrN3O4. The van der Waals surface area contributed by atoms with Gasteiger partial charge in [-0.1, -0.05) is 22.0 Å². The molecular weight excluding hydrogens is 414 g/mol. The highest BCUT2D eigenvalue weighted by molar-refractivity contribution is 9.10. The van der Waals surface area contributed by atoms with Crippen LogP contribution in [0.25, 0.3) is 0 Å². The van der Waals surface area contributed by atoms with Gasteiger partial charge in [-0.05, 0) is 42.5 Å². The molecule has 0 aliphatic rings.